The minimum Gasteiger partial charge on any atom is -0.507 e. The summed E-state index contributed by atoms with van der Waals surface area (Å²) in [5.74, 6) is -0.723. The first-order valence-corrected chi connectivity index (χ1v) is 7.26. The Balaban J connectivity index is 0.00000225. The normalized spacial score (nSPS) is 11.0. The van der Waals surface area contributed by atoms with Gasteiger partial charge in [0.2, 0.25) is 5.96 Å². The number of hydrogen-bond acceptors (Lipinski definition) is 4. The molecule has 0 spiro atoms. The number of aliphatic imine (C=N–C) groups is 1. The van der Waals surface area contributed by atoms with Gasteiger partial charge in [-0.1, -0.05) is 24.3 Å². The number of nitrogens with one attached hydrogen (secondary N) is 1. The van der Waals surface area contributed by atoms with Crippen LogP contribution in [0.5, 0.6) is 5.75 Å². The van der Waals surface area contributed by atoms with Crippen molar-refractivity contribution in [2.75, 3.05) is 5.73 Å². The van der Waals surface area contributed by atoms with E-state index in [0.29, 0.717) is 11.4 Å². The number of halogens is 1. The summed E-state index contributed by atoms with van der Waals surface area (Å²) in [6.07, 6.45) is 0. The molecule has 0 radical (unpaired) electrons. The second-order valence-electron chi connectivity index (χ2n) is 5.26. The summed E-state index contributed by atoms with van der Waals surface area (Å²) in [5, 5.41) is 14.2. The summed E-state index contributed by atoms with van der Waals surface area (Å²) in [7, 11) is 0. The molecule has 6 nitrogen and oxygen atoms in total. The van der Waals surface area contributed by atoms with Gasteiger partial charge in [-0.3, -0.25) is 10.1 Å². The fourth-order valence-electron chi connectivity index (χ4n) is 2.31. The lowest BCUT2D eigenvalue weighted by molar-refractivity contribution is 0.0974. The molecular weight excluding hydrogens is 340 g/mol. The molecule has 0 aliphatic carbocycles. The highest BCUT2D eigenvalue weighted by Gasteiger charge is 2.13. The smallest absolute Gasteiger partial charge is 0.261 e. The SMILES string of the molecule is Cl.NC(=Nc1ccc(N)cc1)NC(=O)c1cc2ccccc2cc1O. The van der Waals surface area contributed by atoms with Crippen molar-refractivity contribution in [1.29, 1.82) is 0 Å². The number of guanidine groups is 1. The number of nitrogens with zero attached hydrogens (tertiary/aromatic N) is 1. The van der Waals surface area contributed by atoms with Crippen molar-refractivity contribution >= 4 is 46.4 Å². The van der Waals surface area contributed by atoms with Gasteiger partial charge in [-0.25, -0.2) is 4.99 Å². The summed E-state index contributed by atoms with van der Waals surface area (Å²) in [4.78, 5) is 16.4. The van der Waals surface area contributed by atoms with E-state index >= 15 is 0 Å². The Morgan fingerprint density at radius 3 is 2.24 bits per heavy atom. The molecule has 25 heavy (non-hydrogen) atoms. The van der Waals surface area contributed by atoms with E-state index in [-0.39, 0.29) is 29.7 Å². The Morgan fingerprint density at radius 1 is 1.00 bits per heavy atom. The van der Waals surface area contributed by atoms with Crippen LogP contribution in [0.15, 0.2) is 65.7 Å². The molecule has 0 saturated heterocycles. The maximum atomic E-state index is 12.3. The summed E-state index contributed by atoms with van der Waals surface area (Å²) < 4.78 is 0. The molecule has 0 aromatic heterocycles. The van der Waals surface area contributed by atoms with Crippen LogP contribution >= 0.6 is 12.4 Å². The van der Waals surface area contributed by atoms with Gasteiger partial charge in [0.25, 0.3) is 5.91 Å². The van der Waals surface area contributed by atoms with Crippen LogP contribution < -0.4 is 16.8 Å². The summed E-state index contributed by atoms with van der Waals surface area (Å²) in [5.41, 5.74) is 12.6. The highest BCUT2D eigenvalue weighted by atomic mass is 35.5. The van der Waals surface area contributed by atoms with Gasteiger partial charge in [0.1, 0.15) is 5.75 Å². The van der Waals surface area contributed by atoms with E-state index in [1.165, 1.54) is 6.07 Å². The number of hydrogen-bond donors (Lipinski definition) is 4. The van der Waals surface area contributed by atoms with Crippen molar-refractivity contribution in [1.82, 2.24) is 5.32 Å². The van der Waals surface area contributed by atoms with Gasteiger partial charge < -0.3 is 16.6 Å². The third-order valence-corrected chi connectivity index (χ3v) is 3.49. The van der Waals surface area contributed by atoms with Crippen LogP contribution in [0.25, 0.3) is 10.8 Å². The first-order valence-electron chi connectivity index (χ1n) is 7.26. The molecule has 0 saturated carbocycles. The minimum absolute atomic E-state index is 0. The Morgan fingerprint density at radius 2 is 1.60 bits per heavy atom. The molecule has 0 aliphatic rings. The molecule has 1 amide bonds. The topological polar surface area (TPSA) is 114 Å². The zero-order valence-corrected chi connectivity index (χ0v) is 14.0. The molecule has 3 rings (SSSR count). The van der Waals surface area contributed by atoms with Gasteiger partial charge in [0, 0.05) is 5.69 Å². The van der Waals surface area contributed by atoms with Gasteiger partial charge >= 0.3 is 0 Å². The average Bonchev–Trinajstić information content (AvgIpc) is 2.56. The van der Waals surface area contributed by atoms with Crippen LogP contribution in [0.1, 0.15) is 10.4 Å². The summed E-state index contributed by atoms with van der Waals surface area (Å²) in [6.45, 7) is 0. The maximum Gasteiger partial charge on any atom is 0.261 e. The fourth-order valence-corrected chi connectivity index (χ4v) is 2.31. The fraction of sp³-hybridized carbons (Fsp3) is 0. The Kier molecular flexibility index (Phi) is 5.46. The van der Waals surface area contributed by atoms with Crippen LogP contribution in [-0.4, -0.2) is 17.0 Å². The van der Waals surface area contributed by atoms with Gasteiger partial charge in [-0.15, -0.1) is 12.4 Å². The van der Waals surface area contributed by atoms with E-state index in [1.54, 1.807) is 30.3 Å². The number of carbonyl (C=O) groups excluding carboxylic acids is 1. The summed E-state index contributed by atoms with van der Waals surface area (Å²) >= 11 is 0. The van der Waals surface area contributed by atoms with Gasteiger partial charge in [0.15, 0.2) is 0 Å². The van der Waals surface area contributed by atoms with Crippen molar-refractivity contribution in [2.24, 2.45) is 10.7 Å². The zero-order valence-electron chi connectivity index (χ0n) is 13.1. The first-order chi connectivity index (χ1) is 11.5. The number of benzene rings is 3. The molecule has 3 aromatic carbocycles. The third kappa shape index (κ3) is 4.19. The molecule has 0 bridgehead atoms. The molecular formula is C18H17ClN4O2. The van der Waals surface area contributed by atoms with Crippen LogP contribution in [0.2, 0.25) is 0 Å². The number of fused-ring (bicyclic) bond motifs is 1. The number of anilines is 1. The second-order valence-corrected chi connectivity index (χ2v) is 5.26. The van der Waals surface area contributed by atoms with Crippen molar-refractivity contribution in [3.8, 4) is 5.75 Å². The van der Waals surface area contributed by atoms with E-state index in [1.807, 2.05) is 24.3 Å². The van der Waals surface area contributed by atoms with Crippen molar-refractivity contribution in [2.45, 2.75) is 0 Å². The predicted molar refractivity (Wildman–Crippen MR) is 102 cm³/mol. The molecule has 0 unspecified atom stereocenters. The predicted octanol–water partition coefficient (Wildman–Crippen LogP) is 2.93. The quantitative estimate of drug-likeness (QED) is 0.321. The Labute approximate surface area is 150 Å². The van der Waals surface area contributed by atoms with Gasteiger partial charge in [0.05, 0.1) is 11.3 Å². The monoisotopic (exact) mass is 356 g/mol. The van der Waals surface area contributed by atoms with Crippen LogP contribution in [0.4, 0.5) is 11.4 Å². The number of aromatic hydroxyl groups is 1. The van der Waals surface area contributed by atoms with Crippen LogP contribution in [0.3, 0.4) is 0 Å². The number of phenolic OH excluding ortho intramolecular Hbond substituents is 1. The lowest BCUT2D eigenvalue weighted by atomic mass is 10.1. The minimum atomic E-state index is -0.532. The summed E-state index contributed by atoms with van der Waals surface area (Å²) in [6, 6.07) is 17.3. The second kappa shape index (κ2) is 7.55. The Bertz CT molecular complexity index is 939. The molecule has 0 atom stereocenters. The lowest BCUT2D eigenvalue weighted by Crippen LogP contribution is -2.36. The lowest BCUT2D eigenvalue weighted by Gasteiger charge is -2.08. The average molecular weight is 357 g/mol. The van der Waals surface area contributed by atoms with E-state index in [9.17, 15) is 9.90 Å². The highest BCUT2D eigenvalue weighted by molar-refractivity contribution is 6.09. The third-order valence-electron chi connectivity index (χ3n) is 3.49. The number of phenols is 1. The number of amides is 1. The Hall–Kier alpha value is -3.25. The number of nitrogens with two attached hydrogens (primary N) is 2. The van der Waals surface area contributed by atoms with E-state index in [2.05, 4.69) is 10.3 Å². The number of nitrogen functional groups attached to an aromatic ring is 1. The van der Waals surface area contributed by atoms with Crippen LogP contribution in [-0.2, 0) is 0 Å². The van der Waals surface area contributed by atoms with E-state index < -0.39 is 5.91 Å². The molecule has 6 N–H and O–H groups in total. The first kappa shape index (κ1) is 18.1. The molecule has 0 aliphatic heterocycles. The van der Waals surface area contributed by atoms with Crippen molar-refractivity contribution < 1.29 is 9.90 Å². The molecule has 3 aromatic rings. The zero-order chi connectivity index (χ0) is 17.1. The standard InChI is InChI=1S/C18H16N4O2.ClH/c19-13-5-7-14(8-6-13)21-18(20)22-17(24)15-9-11-3-1-2-4-12(11)10-16(15)23;/h1-10,23H,19H2,(H3,20,21,22,24);1H. The molecule has 0 heterocycles. The maximum absolute atomic E-state index is 12.3. The number of carbonyl (C=O) groups is 1. The molecule has 128 valence electrons. The highest BCUT2D eigenvalue weighted by Crippen LogP contribution is 2.24. The molecule has 7 heteroatoms. The van der Waals surface area contributed by atoms with Crippen molar-refractivity contribution in [3.63, 3.8) is 0 Å². The van der Waals surface area contributed by atoms with Crippen LogP contribution in [0, 0.1) is 0 Å². The molecule has 0 fully saturated rings. The largest absolute Gasteiger partial charge is 0.507 e. The number of rotatable bonds is 2. The van der Waals surface area contributed by atoms with E-state index in [0.717, 1.165) is 10.8 Å². The van der Waals surface area contributed by atoms with E-state index in [4.69, 9.17) is 11.5 Å². The van der Waals surface area contributed by atoms with Gasteiger partial charge in [-0.05, 0) is 47.2 Å². The van der Waals surface area contributed by atoms with Crippen molar-refractivity contribution in [3.05, 3.63) is 66.2 Å². The van der Waals surface area contributed by atoms with Gasteiger partial charge in [-0.2, -0.15) is 0 Å².